The van der Waals surface area contributed by atoms with E-state index < -0.39 is 0 Å². The summed E-state index contributed by atoms with van der Waals surface area (Å²) in [6, 6.07) is 9.79. The van der Waals surface area contributed by atoms with Gasteiger partial charge in [-0.05, 0) is 19.1 Å². The number of nitrogens with zero attached hydrogens (tertiary/aromatic N) is 2. The number of thioether (sulfide) groups is 1. The van der Waals surface area contributed by atoms with Crippen molar-refractivity contribution in [2.45, 2.75) is 24.9 Å². The Balaban J connectivity index is 1.51. The average molecular weight is 374 g/mol. The Morgan fingerprint density at radius 3 is 3.00 bits per heavy atom. The third kappa shape index (κ3) is 4.49. The number of rotatable bonds is 7. The molecule has 3 rings (SSSR count). The molecule has 0 saturated carbocycles. The zero-order chi connectivity index (χ0) is 17.6. The predicted molar refractivity (Wildman–Crippen MR) is 102 cm³/mol. The second-order valence-electron chi connectivity index (χ2n) is 5.44. The van der Waals surface area contributed by atoms with Gasteiger partial charge in [0.1, 0.15) is 21.9 Å². The lowest BCUT2D eigenvalue weighted by atomic mass is 10.2. The van der Waals surface area contributed by atoms with Crippen LogP contribution in [0.2, 0.25) is 0 Å². The van der Waals surface area contributed by atoms with Crippen molar-refractivity contribution in [3.8, 4) is 5.75 Å². The van der Waals surface area contributed by atoms with Crippen molar-refractivity contribution in [3.05, 3.63) is 47.1 Å². The summed E-state index contributed by atoms with van der Waals surface area (Å²) >= 11 is 3.25. The molecule has 5 nitrogen and oxygen atoms in total. The zero-order valence-corrected chi connectivity index (χ0v) is 15.7. The molecule has 0 atom stereocenters. The van der Waals surface area contributed by atoms with E-state index in [1.165, 1.54) is 4.88 Å². The summed E-state index contributed by atoms with van der Waals surface area (Å²) in [5.74, 6) is 1.48. The maximum atomic E-state index is 12.1. The number of aryl methyl sites for hydroxylation is 1. The van der Waals surface area contributed by atoms with Gasteiger partial charge < -0.3 is 10.1 Å². The number of amides is 1. The lowest BCUT2D eigenvalue weighted by Crippen LogP contribution is -2.23. The van der Waals surface area contributed by atoms with E-state index in [2.05, 4.69) is 28.3 Å². The standard InChI is InChI=1S/C18H19N3O2S2/c1-12-9-14-17(20-11-21-18(14)25-12)24-8-7-16(22)19-10-13-5-3-4-6-15(13)23-2/h3-6,9,11H,7-8,10H2,1-2H3,(H,19,22). The molecule has 2 heterocycles. The molecule has 0 radical (unpaired) electrons. The molecule has 0 fully saturated rings. The summed E-state index contributed by atoms with van der Waals surface area (Å²) in [7, 11) is 1.63. The Morgan fingerprint density at radius 2 is 2.16 bits per heavy atom. The van der Waals surface area contributed by atoms with E-state index in [1.54, 1.807) is 36.5 Å². The zero-order valence-electron chi connectivity index (χ0n) is 14.1. The Kier molecular flexibility index (Phi) is 5.88. The molecule has 0 bridgehead atoms. The minimum absolute atomic E-state index is 0.0187. The Hall–Kier alpha value is -2.12. The lowest BCUT2D eigenvalue weighted by molar-refractivity contribution is -0.120. The number of para-hydroxylation sites is 1. The van der Waals surface area contributed by atoms with Crippen molar-refractivity contribution >= 4 is 39.2 Å². The summed E-state index contributed by atoms with van der Waals surface area (Å²) in [4.78, 5) is 22.9. The van der Waals surface area contributed by atoms with Crippen LogP contribution in [0.4, 0.5) is 0 Å². The van der Waals surface area contributed by atoms with E-state index in [4.69, 9.17) is 4.74 Å². The molecule has 7 heteroatoms. The quantitative estimate of drug-likeness (QED) is 0.504. The smallest absolute Gasteiger partial charge is 0.221 e. The number of ether oxygens (including phenoxy) is 1. The normalized spacial score (nSPS) is 10.8. The van der Waals surface area contributed by atoms with Crippen LogP contribution in [0.1, 0.15) is 16.9 Å². The van der Waals surface area contributed by atoms with Crippen molar-refractivity contribution in [3.63, 3.8) is 0 Å². The predicted octanol–water partition coefficient (Wildman–Crippen LogP) is 3.81. The van der Waals surface area contributed by atoms with Crippen molar-refractivity contribution in [1.82, 2.24) is 15.3 Å². The van der Waals surface area contributed by atoms with Gasteiger partial charge in [-0.1, -0.05) is 18.2 Å². The van der Waals surface area contributed by atoms with E-state index in [9.17, 15) is 4.79 Å². The SMILES string of the molecule is COc1ccccc1CNC(=O)CCSc1ncnc2sc(C)cc12. The van der Waals surface area contributed by atoms with Gasteiger partial charge in [0.05, 0.1) is 7.11 Å². The summed E-state index contributed by atoms with van der Waals surface area (Å²) in [5, 5.41) is 4.95. The molecule has 130 valence electrons. The van der Waals surface area contributed by atoms with E-state index >= 15 is 0 Å². The molecular formula is C18H19N3O2S2. The Morgan fingerprint density at radius 1 is 1.32 bits per heavy atom. The molecule has 0 spiro atoms. The lowest BCUT2D eigenvalue weighted by Gasteiger charge is -2.09. The van der Waals surface area contributed by atoms with Crippen molar-refractivity contribution in [2.75, 3.05) is 12.9 Å². The minimum Gasteiger partial charge on any atom is -0.496 e. The van der Waals surface area contributed by atoms with Gasteiger partial charge in [-0.15, -0.1) is 23.1 Å². The van der Waals surface area contributed by atoms with Crippen molar-refractivity contribution in [1.29, 1.82) is 0 Å². The number of hydrogen-bond acceptors (Lipinski definition) is 6. The van der Waals surface area contributed by atoms with Gasteiger partial charge in [0.15, 0.2) is 0 Å². The third-order valence-corrected chi connectivity index (χ3v) is 5.62. The Bertz CT molecular complexity index is 880. The number of aromatic nitrogens is 2. The van der Waals surface area contributed by atoms with Crippen LogP contribution in [0.25, 0.3) is 10.2 Å². The monoisotopic (exact) mass is 373 g/mol. The number of thiophene rings is 1. The average Bonchev–Trinajstić information content (AvgIpc) is 3.01. The number of benzene rings is 1. The second-order valence-corrected chi connectivity index (χ2v) is 7.76. The largest absolute Gasteiger partial charge is 0.496 e. The summed E-state index contributed by atoms with van der Waals surface area (Å²) in [5.41, 5.74) is 0.970. The third-order valence-electron chi connectivity index (χ3n) is 3.65. The molecule has 0 unspecified atom stereocenters. The van der Waals surface area contributed by atoms with Crippen LogP contribution in [0.15, 0.2) is 41.7 Å². The highest BCUT2D eigenvalue weighted by atomic mass is 32.2. The molecular weight excluding hydrogens is 354 g/mol. The first-order valence-corrected chi connectivity index (χ1v) is 9.70. The number of carbonyl (C=O) groups excluding carboxylic acids is 1. The highest BCUT2D eigenvalue weighted by Crippen LogP contribution is 2.30. The molecule has 1 aromatic carbocycles. The van der Waals surface area contributed by atoms with E-state index in [-0.39, 0.29) is 5.91 Å². The topological polar surface area (TPSA) is 64.1 Å². The maximum Gasteiger partial charge on any atom is 0.221 e. The van der Waals surface area contributed by atoms with Crippen LogP contribution >= 0.6 is 23.1 Å². The molecule has 25 heavy (non-hydrogen) atoms. The van der Waals surface area contributed by atoms with Gasteiger partial charge in [-0.25, -0.2) is 9.97 Å². The first kappa shape index (κ1) is 17.7. The number of methoxy groups -OCH3 is 1. The van der Waals surface area contributed by atoms with Gasteiger partial charge in [-0.2, -0.15) is 0 Å². The van der Waals surface area contributed by atoms with E-state index in [0.717, 1.165) is 26.6 Å². The van der Waals surface area contributed by atoms with Gasteiger partial charge in [0.2, 0.25) is 5.91 Å². The molecule has 0 saturated heterocycles. The first-order chi connectivity index (χ1) is 12.2. The van der Waals surface area contributed by atoms with Crippen molar-refractivity contribution in [2.24, 2.45) is 0 Å². The second kappa shape index (κ2) is 8.31. The highest BCUT2D eigenvalue weighted by molar-refractivity contribution is 7.99. The number of hydrogen-bond donors (Lipinski definition) is 1. The summed E-state index contributed by atoms with van der Waals surface area (Å²) < 4.78 is 5.29. The Labute approximate surface area is 154 Å². The molecule has 0 aliphatic carbocycles. The van der Waals surface area contributed by atoms with Crippen LogP contribution in [-0.2, 0) is 11.3 Å². The van der Waals surface area contributed by atoms with E-state index in [1.807, 2.05) is 24.3 Å². The number of fused-ring (bicyclic) bond motifs is 1. The molecule has 1 N–H and O–H groups in total. The molecule has 0 aliphatic heterocycles. The van der Waals surface area contributed by atoms with Crippen LogP contribution in [0.3, 0.4) is 0 Å². The molecule has 0 aliphatic rings. The van der Waals surface area contributed by atoms with Gasteiger partial charge in [-0.3, -0.25) is 4.79 Å². The van der Waals surface area contributed by atoms with E-state index in [0.29, 0.717) is 18.7 Å². The fourth-order valence-electron chi connectivity index (χ4n) is 2.44. The highest BCUT2D eigenvalue weighted by Gasteiger charge is 2.09. The molecule has 2 aromatic heterocycles. The van der Waals surface area contributed by atoms with Crippen molar-refractivity contribution < 1.29 is 9.53 Å². The number of nitrogens with one attached hydrogen (secondary N) is 1. The molecule has 3 aromatic rings. The van der Waals surface area contributed by atoms with Crippen LogP contribution < -0.4 is 10.1 Å². The van der Waals surface area contributed by atoms with Gasteiger partial charge >= 0.3 is 0 Å². The van der Waals surface area contributed by atoms with Crippen LogP contribution in [0, 0.1) is 6.92 Å². The van der Waals surface area contributed by atoms with Gasteiger partial charge in [0, 0.05) is 34.5 Å². The van der Waals surface area contributed by atoms with Crippen LogP contribution in [-0.4, -0.2) is 28.7 Å². The summed E-state index contributed by atoms with van der Waals surface area (Å²) in [6.45, 7) is 2.53. The van der Waals surface area contributed by atoms with Crippen LogP contribution in [0.5, 0.6) is 5.75 Å². The van der Waals surface area contributed by atoms with Gasteiger partial charge in [0.25, 0.3) is 0 Å². The first-order valence-electron chi connectivity index (χ1n) is 7.90. The maximum absolute atomic E-state index is 12.1. The fraction of sp³-hybridized carbons (Fsp3) is 0.278. The fourth-order valence-corrected chi connectivity index (χ4v) is 4.27. The number of carbonyl (C=O) groups is 1. The minimum atomic E-state index is 0.0187. The summed E-state index contributed by atoms with van der Waals surface area (Å²) in [6.07, 6.45) is 2.02. The molecule has 1 amide bonds.